The number of hydrogen-bond donors (Lipinski definition) is 2. The van der Waals surface area contributed by atoms with Gasteiger partial charge in [0.05, 0.1) is 0 Å². The lowest BCUT2D eigenvalue weighted by atomic mass is 9.96. The van der Waals surface area contributed by atoms with Crippen molar-refractivity contribution in [2.24, 2.45) is 0 Å². The number of aliphatic hydroxyl groups excluding tert-OH is 1. The first-order valence-corrected chi connectivity index (χ1v) is 7.08. The zero-order chi connectivity index (χ0) is 13.8. The van der Waals surface area contributed by atoms with E-state index in [9.17, 15) is 0 Å². The highest BCUT2D eigenvalue weighted by Gasteiger charge is 2.19. The lowest BCUT2D eigenvalue weighted by Gasteiger charge is -2.20. The van der Waals surface area contributed by atoms with Crippen LogP contribution in [0.1, 0.15) is 46.4 Å². The van der Waals surface area contributed by atoms with Crippen LogP contribution in [-0.4, -0.2) is 27.7 Å². The molecule has 0 saturated heterocycles. The van der Waals surface area contributed by atoms with Crippen LogP contribution in [0.5, 0.6) is 0 Å². The first kappa shape index (κ1) is 15.4. The Morgan fingerprint density at radius 2 is 2.06 bits per heavy atom. The number of aromatic nitrogens is 2. The number of anilines is 1. The predicted octanol–water partition coefficient (Wildman–Crippen LogP) is 3.11. The Bertz CT molecular complexity index is 390. The summed E-state index contributed by atoms with van der Waals surface area (Å²) in [6, 6.07) is 2.11. The second-order valence-corrected chi connectivity index (χ2v) is 6.22. The quantitative estimate of drug-likeness (QED) is 0.820. The van der Waals surface area contributed by atoms with Gasteiger partial charge in [0.1, 0.15) is 16.2 Å². The molecule has 0 aliphatic rings. The van der Waals surface area contributed by atoms with Crippen LogP contribution in [0, 0.1) is 0 Å². The molecule has 0 saturated carbocycles. The smallest absolute Gasteiger partial charge is 0.137 e. The molecule has 0 amide bonds. The summed E-state index contributed by atoms with van der Waals surface area (Å²) in [7, 11) is 0. The minimum Gasteiger partial charge on any atom is -0.396 e. The average Bonchev–Trinajstić information content (AvgIpc) is 2.26. The third-order valence-electron chi connectivity index (χ3n) is 2.69. The van der Waals surface area contributed by atoms with Crippen molar-refractivity contribution in [2.45, 2.75) is 52.0 Å². The fraction of sp³-hybridized carbons (Fsp3) is 0.692. The fourth-order valence-corrected chi connectivity index (χ4v) is 1.96. The number of rotatable bonds is 5. The molecule has 0 spiro atoms. The third kappa shape index (κ3) is 4.53. The molecule has 0 aliphatic heterocycles. The maximum absolute atomic E-state index is 9.00. The highest BCUT2D eigenvalue weighted by molar-refractivity contribution is 9.10. The van der Waals surface area contributed by atoms with Crippen molar-refractivity contribution < 1.29 is 5.11 Å². The number of halogens is 1. The first-order chi connectivity index (χ1) is 8.36. The molecule has 0 aromatic carbocycles. The van der Waals surface area contributed by atoms with Gasteiger partial charge < -0.3 is 10.4 Å². The Balaban J connectivity index is 2.92. The Labute approximate surface area is 117 Å². The van der Waals surface area contributed by atoms with Crippen LogP contribution in [0.4, 0.5) is 5.82 Å². The first-order valence-electron chi connectivity index (χ1n) is 6.29. The Kier molecular flexibility index (Phi) is 5.53. The Morgan fingerprint density at radius 1 is 1.39 bits per heavy atom. The van der Waals surface area contributed by atoms with Gasteiger partial charge in [0.2, 0.25) is 0 Å². The molecule has 0 aliphatic carbocycles. The number of hydrogen-bond acceptors (Lipinski definition) is 4. The van der Waals surface area contributed by atoms with E-state index >= 15 is 0 Å². The van der Waals surface area contributed by atoms with Crippen LogP contribution in [0.2, 0.25) is 0 Å². The summed E-state index contributed by atoms with van der Waals surface area (Å²) >= 11 is 3.42. The second-order valence-electron chi connectivity index (χ2n) is 5.41. The van der Waals surface area contributed by atoms with E-state index in [1.807, 2.05) is 6.07 Å². The molecule has 1 aromatic rings. The van der Waals surface area contributed by atoms with Crippen LogP contribution < -0.4 is 5.32 Å². The molecule has 1 rings (SSSR count). The van der Waals surface area contributed by atoms with Gasteiger partial charge in [-0.25, -0.2) is 9.97 Å². The molecule has 1 unspecified atom stereocenters. The molecular weight excluding hydrogens is 294 g/mol. The fourth-order valence-electron chi connectivity index (χ4n) is 1.57. The third-order valence-corrected chi connectivity index (χ3v) is 3.09. The van der Waals surface area contributed by atoms with Gasteiger partial charge in [-0.2, -0.15) is 0 Å². The van der Waals surface area contributed by atoms with Crippen LogP contribution >= 0.6 is 15.9 Å². The summed E-state index contributed by atoms with van der Waals surface area (Å²) in [6.45, 7) is 8.54. The van der Waals surface area contributed by atoms with Crippen LogP contribution in [0.15, 0.2) is 10.7 Å². The predicted molar refractivity (Wildman–Crippen MR) is 77.8 cm³/mol. The standard InChI is InChI=1S/C13H22BrN3O/c1-5-9(6-7-18)15-11-8-10(14)16-12(17-11)13(2,3)4/h8-9,18H,5-7H2,1-4H3,(H,15,16,17). The Hall–Kier alpha value is -0.680. The van der Waals surface area contributed by atoms with E-state index in [0.29, 0.717) is 0 Å². The van der Waals surface area contributed by atoms with Crippen molar-refractivity contribution in [3.63, 3.8) is 0 Å². The summed E-state index contributed by atoms with van der Waals surface area (Å²) in [5.41, 5.74) is -0.0844. The van der Waals surface area contributed by atoms with Crippen LogP contribution in [0.25, 0.3) is 0 Å². The van der Waals surface area contributed by atoms with E-state index in [4.69, 9.17) is 5.11 Å². The van der Waals surface area contributed by atoms with Crippen molar-refractivity contribution in [1.29, 1.82) is 0 Å². The molecule has 2 N–H and O–H groups in total. The number of nitrogens with zero attached hydrogens (tertiary/aromatic N) is 2. The summed E-state index contributed by atoms with van der Waals surface area (Å²) in [4.78, 5) is 8.94. The van der Waals surface area contributed by atoms with Crippen molar-refractivity contribution in [3.05, 3.63) is 16.5 Å². The van der Waals surface area contributed by atoms with E-state index in [1.54, 1.807) is 0 Å². The molecule has 4 nitrogen and oxygen atoms in total. The molecule has 5 heteroatoms. The van der Waals surface area contributed by atoms with Gasteiger partial charge in [-0.3, -0.25) is 0 Å². The van der Waals surface area contributed by atoms with Gasteiger partial charge in [0.25, 0.3) is 0 Å². The van der Waals surface area contributed by atoms with Crippen molar-refractivity contribution in [2.75, 3.05) is 11.9 Å². The monoisotopic (exact) mass is 315 g/mol. The van der Waals surface area contributed by atoms with Gasteiger partial charge in [-0.05, 0) is 28.8 Å². The second kappa shape index (κ2) is 6.48. The maximum atomic E-state index is 9.00. The van der Waals surface area contributed by atoms with Gasteiger partial charge in [0.15, 0.2) is 0 Å². The molecule has 1 atom stereocenters. The molecule has 18 heavy (non-hydrogen) atoms. The lowest BCUT2D eigenvalue weighted by Crippen LogP contribution is -2.23. The lowest BCUT2D eigenvalue weighted by molar-refractivity contribution is 0.278. The SMILES string of the molecule is CCC(CCO)Nc1cc(Br)nc(C(C)(C)C)n1. The van der Waals surface area contributed by atoms with Gasteiger partial charge in [-0.15, -0.1) is 0 Å². The van der Waals surface area contributed by atoms with Crippen LogP contribution in [0.3, 0.4) is 0 Å². The number of nitrogens with one attached hydrogen (secondary N) is 1. The molecular formula is C13H22BrN3O. The zero-order valence-electron chi connectivity index (χ0n) is 11.5. The zero-order valence-corrected chi connectivity index (χ0v) is 13.1. The summed E-state index contributed by atoms with van der Waals surface area (Å²) < 4.78 is 0.781. The van der Waals surface area contributed by atoms with E-state index in [-0.39, 0.29) is 18.1 Å². The molecule has 0 radical (unpaired) electrons. The minimum absolute atomic E-state index is 0.0844. The molecule has 102 valence electrons. The van der Waals surface area contributed by atoms with Gasteiger partial charge in [0, 0.05) is 24.1 Å². The highest BCUT2D eigenvalue weighted by Crippen LogP contribution is 2.23. The minimum atomic E-state index is -0.0844. The van der Waals surface area contributed by atoms with Gasteiger partial charge in [-0.1, -0.05) is 27.7 Å². The largest absolute Gasteiger partial charge is 0.396 e. The summed E-state index contributed by atoms with van der Waals surface area (Å²) in [6.07, 6.45) is 1.68. The van der Waals surface area contributed by atoms with Crippen molar-refractivity contribution >= 4 is 21.7 Å². The summed E-state index contributed by atoms with van der Waals surface area (Å²) in [5.74, 6) is 1.61. The van der Waals surface area contributed by atoms with E-state index < -0.39 is 0 Å². The number of aliphatic hydroxyl groups is 1. The Morgan fingerprint density at radius 3 is 2.56 bits per heavy atom. The molecule has 1 aromatic heterocycles. The van der Waals surface area contributed by atoms with E-state index in [2.05, 4.69) is 58.9 Å². The van der Waals surface area contributed by atoms with Crippen LogP contribution in [-0.2, 0) is 5.41 Å². The van der Waals surface area contributed by atoms with E-state index in [0.717, 1.165) is 29.1 Å². The van der Waals surface area contributed by atoms with E-state index in [1.165, 1.54) is 0 Å². The molecule has 0 fully saturated rings. The maximum Gasteiger partial charge on any atom is 0.137 e. The normalized spacial score (nSPS) is 13.4. The highest BCUT2D eigenvalue weighted by atomic mass is 79.9. The topological polar surface area (TPSA) is 58.0 Å². The van der Waals surface area contributed by atoms with Crippen molar-refractivity contribution in [1.82, 2.24) is 9.97 Å². The summed E-state index contributed by atoms with van der Waals surface area (Å²) in [5, 5.41) is 12.3. The van der Waals surface area contributed by atoms with Gasteiger partial charge >= 0.3 is 0 Å². The molecule has 1 heterocycles. The molecule has 0 bridgehead atoms. The van der Waals surface area contributed by atoms with Crippen molar-refractivity contribution in [3.8, 4) is 0 Å². The average molecular weight is 316 g/mol.